The lowest BCUT2D eigenvalue weighted by Crippen LogP contribution is -2.29. The molecule has 1 atom stereocenters. The smallest absolute Gasteiger partial charge is 0.0547 e. The number of rotatable bonds is 11. The average molecular weight is 260 g/mol. The van der Waals surface area contributed by atoms with Crippen molar-refractivity contribution >= 4 is 12.6 Å². The summed E-state index contributed by atoms with van der Waals surface area (Å²) in [6.07, 6.45) is 9.26. The van der Waals surface area contributed by atoms with Crippen LogP contribution in [0, 0.1) is 5.41 Å². The van der Waals surface area contributed by atoms with Gasteiger partial charge in [0.1, 0.15) is 0 Å². The lowest BCUT2D eigenvalue weighted by Gasteiger charge is -2.31. The standard InChI is InChI=1S/C15H32OS/c1-5-8-9-10-11-14(4)16-12-15(6-2,7-3)13-17/h14,17H,5-13H2,1-4H3. The van der Waals surface area contributed by atoms with Gasteiger partial charge in [-0.1, -0.05) is 46.5 Å². The Morgan fingerprint density at radius 2 is 1.71 bits per heavy atom. The van der Waals surface area contributed by atoms with Crippen LogP contribution < -0.4 is 0 Å². The molecule has 0 bridgehead atoms. The summed E-state index contributed by atoms with van der Waals surface area (Å²) in [6, 6.07) is 0. The lowest BCUT2D eigenvalue weighted by atomic mass is 9.85. The molecular formula is C15H32OS. The predicted molar refractivity (Wildman–Crippen MR) is 81.0 cm³/mol. The third-order valence-electron chi connectivity index (χ3n) is 3.97. The van der Waals surface area contributed by atoms with Gasteiger partial charge in [0.2, 0.25) is 0 Å². The summed E-state index contributed by atoms with van der Waals surface area (Å²) in [5.41, 5.74) is 0.292. The number of ether oxygens (including phenoxy) is 1. The van der Waals surface area contributed by atoms with E-state index in [0.29, 0.717) is 11.5 Å². The van der Waals surface area contributed by atoms with Crippen LogP contribution >= 0.6 is 12.6 Å². The largest absolute Gasteiger partial charge is 0.378 e. The van der Waals surface area contributed by atoms with E-state index in [4.69, 9.17) is 4.74 Å². The van der Waals surface area contributed by atoms with E-state index in [1.807, 2.05) is 0 Å². The third kappa shape index (κ3) is 7.35. The zero-order chi connectivity index (χ0) is 13.1. The maximum Gasteiger partial charge on any atom is 0.0547 e. The van der Waals surface area contributed by atoms with Crippen molar-refractivity contribution in [2.75, 3.05) is 12.4 Å². The van der Waals surface area contributed by atoms with Crippen molar-refractivity contribution in [3.05, 3.63) is 0 Å². The van der Waals surface area contributed by atoms with Gasteiger partial charge in [-0.3, -0.25) is 0 Å². The summed E-state index contributed by atoms with van der Waals surface area (Å²) in [6.45, 7) is 9.83. The fraction of sp³-hybridized carbons (Fsp3) is 1.00. The van der Waals surface area contributed by atoms with E-state index < -0.39 is 0 Å². The van der Waals surface area contributed by atoms with Gasteiger partial charge < -0.3 is 4.74 Å². The summed E-state index contributed by atoms with van der Waals surface area (Å²) < 4.78 is 6.01. The van der Waals surface area contributed by atoms with Crippen molar-refractivity contribution in [2.24, 2.45) is 5.41 Å². The summed E-state index contributed by atoms with van der Waals surface area (Å²) in [7, 11) is 0. The maximum atomic E-state index is 6.01. The monoisotopic (exact) mass is 260 g/mol. The quantitative estimate of drug-likeness (QED) is 0.402. The maximum absolute atomic E-state index is 6.01. The molecule has 0 rings (SSSR count). The van der Waals surface area contributed by atoms with Crippen molar-refractivity contribution in [1.29, 1.82) is 0 Å². The minimum atomic E-state index is 0.292. The predicted octanol–water partition coefficient (Wildman–Crippen LogP) is 5.10. The van der Waals surface area contributed by atoms with Gasteiger partial charge >= 0.3 is 0 Å². The normalized spacial score (nSPS) is 13.9. The second-order valence-electron chi connectivity index (χ2n) is 5.34. The first-order chi connectivity index (χ1) is 8.14. The topological polar surface area (TPSA) is 9.23 Å². The zero-order valence-corrected chi connectivity index (χ0v) is 13.2. The van der Waals surface area contributed by atoms with Crippen molar-refractivity contribution in [3.63, 3.8) is 0 Å². The first kappa shape index (κ1) is 17.3. The van der Waals surface area contributed by atoms with E-state index in [0.717, 1.165) is 25.2 Å². The highest BCUT2D eigenvalue weighted by Crippen LogP contribution is 2.28. The number of hydrogen-bond acceptors (Lipinski definition) is 2. The molecule has 0 aromatic heterocycles. The Labute approximate surface area is 114 Å². The molecule has 0 saturated carbocycles. The Balaban J connectivity index is 3.76. The molecule has 0 N–H and O–H groups in total. The number of hydrogen-bond donors (Lipinski definition) is 1. The second-order valence-corrected chi connectivity index (χ2v) is 5.65. The Bertz CT molecular complexity index is 158. The Morgan fingerprint density at radius 3 is 2.18 bits per heavy atom. The van der Waals surface area contributed by atoms with E-state index in [2.05, 4.69) is 40.3 Å². The molecule has 1 unspecified atom stereocenters. The molecule has 0 aromatic rings. The van der Waals surface area contributed by atoms with Crippen LogP contribution in [0.1, 0.15) is 72.6 Å². The van der Waals surface area contributed by atoms with E-state index >= 15 is 0 Å². The molecule has 1 nitrogen and oxygen atoms in total. The summed E-state index contributed by atoms with van der Waals surface area (Å²) in [4.78, 5) is 0. The van der Waals surface area contributed by atoms with Gasteiger partial charge in [0.15, 0.2) is 0 Å². The van der Waals surface area contributed by atoms with Crippen LogP contribution in [-0.2, 0) is 4.74 Å². The third-order valence-corrected chi connectivity index (χ3v) is 4.64. The van der Waals surface area contributed by atoms with Crippen LogP contribution in [0.2, 0.25) is 0 Å². The lowest BCUT2D eigenvalue weighted by molar-refractivity contribution is -0.000362. The van der Waals surface area contributed by atoms with E-state index in [1.165, 1.54) is 32.1 Å². The van der Waals surface area contributed by atoms with Gasteiger partial charge in [0, 0.05) is 5.41 Å². The molecule has 2 heteroatoms. The molecule has 0 fully saturated rings. The summed E-state index contributed by atoms with van der Waals surface area (Å²) >= 11 is 4.48. The molecule has 0 spiro atoms. The Hall–Kier alpha value is 0.310. The first-order valence-electron chi connectivity index (χ1n) is 7.36. The molecular weight excluding hydrogens is 228 g/mol. The first-order valence-corrected chi connectivity index (χ1v) is 7.99. The highest BCUT2D eigenvalue weighted by molar-refractivity contribution is 7.80. The summed E-state index contributed by atoms with van der Waals surface area (Å²) in [5.74, 6) is 0.933. The second kappa shape index (κ2) is 10.3. The van der Waals surface area contributed by atoms with Gasteiger partial charge in [0.25, 0.3) is 0 Å². The van der Waals surface area contributed by atoms with Gasteiger partial charge in [-0.25, -0.2) is 0 Å². The van der Waals surface area contributed by atoms with Crippen molar-refractivity contribution in [2.45, 2.75) is 78.7 Å². The Kier molecular flexibility index (Phi) is 10.4. The Morgan fingerprint density at radius 1 is 1.06 bits per heavy atom. The zero-order valence-electron chi connectivity index (χ0n) is 12.3. The van der Waals surface area contributed by atoms with Gasteiger partial charge in [-0.05, 0) is 31.9 Å². The molecule has 0 aliphatic rings. The number of unbranched alkanes of at least 4 members (excludes halogenated alkanes) is 3. The molecule has 0 amide bonds. The molecule has 0 heterocycles. The van der Waals surface area contributed by atoms with Crippen LogP contribution in [0.4, 0.5) is 0 Å². The molecule has 0 aromatic carbocycles. The van der Waals surface area contributed by atoms with Crippen LogP contribution in [0.15, 0.2) is 0 Å². The van der Waals surface area contributed by atoms with E-state index in [1.54, 1.807) is 0 Å². The molecule has 0 saturated heterocycles. The van der Waals surface area contributed by atoms with Crippen LogP contribution in [-0.4, -0.2) is 18.5 Å². The van der Waals surface area contributed by atoms with E-state index in [-0.39, 0.29) is 0 Å². The molecule has 0 radical (unpaired) electrons. The fourth-order valence-electron chi connectivity index (χ4n) is 1.98. The van der Waals surface area contributed by atoms with Crippen LogP contribution in [0.25, 0.3) is 0 Å². The molecule has 0 aliphatic heterocycles. The van der Waals surface area contributed by atoms with E-state index in [9.17, 15) is 0 Å². The molecule has 17 heavy (non-hydrogen) atoms. The minimum absolute atomic E-state index is 0.292. The summed E-state index contributed by atoms with van der Waals surface area (Å²) in [5, 5.41) is 0. The van der Waals surface area contributed by atoms with Crippen LogP contribution in [0.5, 0.6) is 0 Å². The number of thiol groups is 1. The van der Waals surface area contributed by atoms with Gasteiger partial charge in [0.05, 0.1) is 12.7 Å². The average Bonchev–Trinajstić information content (AvgIpc) is 2.37. The van der Waals surface area contributed by atoms with Crippen molar-refractivity contribution < 1.29 is 4.74 Å². The highest BCUT2D eigenvalue weighted by Gasteiger charge is 2.25. The highest BCUT2D eigenvalue weighted by atomic mass is 32.1. The fourth-order valence-corrected chi connectivity index (χ4v) is 2.52. The SMILES string of the molecule is CCCCCCC(C)OCC(CC)(CC)CS. The minimum Gasteiger partial charge on any atom is -0.378 e. The molecule has 104 valence electrons. The van der Waals surface area contributed by atoms with Crippen molar-refractivity contribution in [1.82, 2.24) is 0 Å². The molecule has 0 aliphatic carbocycles. The van der Waals surface area contributed by atoms with Crippen molar-refractivity contribution in [3.8, 4) is 0 Å². The van der Waals surface area contributed by atoms with Gasteiger partial charge in [-0.2, -0.15) is 12.6 Å². The van der Waals surface area contributed by atoms with Gasteiger partial charge in [-0.15, -0.1) is 0 Å². The van der Waals surface area contributed by atoms with Crippen LogP contribution in [0.3, 0.4) is 0 Å².